The molecule has 10 nitrogen and oxygen atoms in total. The summed E-state index contributed by atoms with van der Waals surface area (Å²) in [7, 11) is 0. The highest BCUT2D eigenvalue weighted by molar-refractivity contribution is 5.53. The Labute approximate surface area is 192 Å². The topological polar surface area (TPSA) is 115 Å². The summed E-state index contributed by atoms with van der Waals surface area (Å²) in [5.41, 5.74) is 2.79. The van der Waals surface area contributed by atoms with Crippen molar-refractivity contribution >= 4 is 0 Å². The molecule has 1 aliphatic heterocycles. The molecule has 176 valence electrons. The van der Waals surface area contributed by atoms with Crippen molar-refractivity contribution in [3.8, 4) is 22.9 Å². The fraction of sp³-hybridized carbons (Fsp3) is 0.318. The zero-order valence-corrected chi connectivity index (χ0v) is 18.0. The number of nitrogens with zero attached hydrogens (tertiary/aromatic N) is 6. The number of benzene rings is 1. The SMILES string of the molecule is O=c1oc(-c2ccc(CN3CCNCC3)cc2)nn1Cc1ccc(-c2nnc(C(F)F)o2)cn1. The lowest BCUT2D eigenvalue weighted by molar-refractivity contribution is 0.116. The fourth-order valence-corrected chi connectivity index (χ4v) is 3.64. The Kier molecular flexibility index (Phi) is 6.23. The number of halogens is 2. The molecule has 0 bridgehead atoms. The van der Waals surface area contributed by atoms with Gasteiger partial charge in [0.1, 0.15) is 0 Å². The van der Waals surface area contributed by atoms with E-state index in [1.807, 2.05) is 24.3 Å². The zero-order chi connectivity index (χ0) is 23.5. The van der Waals surface area contributed by atoms with Gasteiger partial charge < -0.3 is 14.2 Å². The predicted molar refractivity (Wildman–Crippen MR) is 116 cm³/mol. The molecule has 1 fully saturated rings. The molecule has 0 amide bonds. The van der Waals surface area contributed by atoms with Crippen molar-refractivity contribution in [3.05, 3.63) is 70.3 Å². The molecule has 0 radical (unpaired) electrons. The second kappa shape index (κ2) is 9.61. The molecule has 1 aromatic carbocycles. The summed E-state index contributed by atoms with van der Waals surface area (Å²) in [5, 5.41) is 14.5. The number of pyridine rings is 1. The zero-order valence-electron chi connectivity index (χ0n) is 18.0. The number of nitrogens with one attached hydrogen (secondary N) is 1. The highest BCUT2D eigenvalue weighted by atomic mass is 19.3. The fourth-order valence-electron chi connectivity index (χ4n) is 3.64. The molecule has 0 spiro atoms. The van der Waals surface area contributed by atoms with Gasteiger partial charge in [0.2, 0.25) is 11.8 Å². The highest BCUT2D eigenvalue weighted by Gasteiger charge is 2.18. The number of hydrogen-bond donors (Lipinski definition) is 1. The van der Waals surface area contributed by atoms with Gasteiger partial charge in [-0.1, -0.05) is 12.1 Å². The third-order valence-electron chi connectivity index (χ3n) is 5.43. The van der Waals surface area contributed by atoms with Gasteiger partial charge in [0, 0.05) is 44.5 Å². The van der Waals surface area contributed by atoms with Crippen molar-refractivity contribution in [2.24, 2.45) is 0 Å². The smallest absolute Gasteiger partial charge is 0.415 e. The average Bonchev–Trinajstić information content (AvgIpc) is 3.49. The number of piperazine rings is 1. The lowest BCUT2D eigenvalue weighted by Gasteiger charge is -2.27. The van der Waals surface area contributed by atoms with E-state index in [9.17, 15) is 13.6 Å². The minimum absolute atomic E-state index is 0.0596. The first-order valence-corrected chi connectivity index (χ1v) is 10.7. The summed E-state index contributed by atoms with van der Waals surface area (Å²) >= 11 is 0. The molecule has 1 N–H and O–H groups in total. The summed E-state index contributed by atoms with van der Waals surface area (Å²) in [5.74, 6) is -1.20. The largest absolute Gasteiger partial charge is 0.437 e. The second-order valence-electron chi connectivity index (χ2n) is 7.84. The van der Waals surface area contributed by atoms with Gasteiger partial charge in [0.05, 0.1) is 17.8 Å². The first-order valence-electron chi connectivity index (χ1n) is 10.7. The van der Waals surface area contributed by atoms with Crippen LogP contribution < -0.4 is 11.1 Å². The molecule has 0 aliphatic carbocycles. The van der Waals surface area contributed by atoms with E-state index in [4.69, 9.17) is 8.83 Å². The van der Waals surface area contributed by atoms with Crippen LogP contribution in [-0.2, 0) is 13.1 Å². The lowest BCUT2D eigenvalue weighted by atomic mass is 10.1. The maximum absolute atomic E-state index is 12.6. The number of alkyl halides is 2. The van der Waals surface area contributed by atoms with Gasteiger partial charge in [0.25, 0.3) is 5.89 Å². The quantitative estimate of drug-likeness (QED) is 0.435. The molecule has 0 atom stereocenters. The lowest BCUT2D eigenvalue weighted by Crippen LogP contribution is -2.42. The molecule has 12 heteroatoms. The third kappa shape index (κ3) is 4.92. The van der Waals surface area contributed by atoms with Crippen LogP contribution >= 0.6 is 0 Å². The van der Waals surface area contributed by atoms with Gasteiger partial charge in [-0.2, -0.15) is 13.5 Å². The summed E-state index contributed by atoms with van der Waals surface area (Å²) < 4.78 is 36.6. The minimum atomic E-state index is -2.84. The van der Waals surface area contributed by atoms with Crippen LogP contribution in [0.1, 0.15) is 23.6 Å². The molecule has 4 heterocycles. The highest BCUT2D eigenvalue weighted by Crippen LogP contribution is 2.23. The van der Waals surface area contributed by atoms with Gasteiger partial charge in [0.15, 0.2) is 0 Å². The van der Waals surface area contributed by atoms with Crippen LogP contribution in [0.4, 0.5) is 8.78 Å². The molecule has 34 heavy (non-hydrogen) atoms. The van der Waals surface area contributed by atoms with Crippen LogP contribution in [0.3, 0.4) is 0 Å². The van der Waals surface area contributed by atoms with E-state index in [1.54, 1.807) is 12.1 Å². The first kappa shape index (κ1) is 22.0. The summed E-state index contributed by atoms with van der Waals surface area (Å²) in [4.78, 5) is 18.9. The Morgan fingerprint density at radius 3 is 2.38 bits per heavy atom. The third-order valence-corrected chi connectivity index (χ3v) is 5.43. The maximum atomic E-state index is 12.6. The standard InChI is InChI=1S/C22H21F2N7O3/c23-18(24)21-28-27-19(33-21)16-5-6-17(26-11-16)13-31-22(32)34-20(29-31)15-3-1-14(2-4-15)12-30-9-7-25-8-10-30/h1-6,11,18,25H,7-10,12-13H2. The molecule has 4 aromatic rings. The van der Waals surface area contributed by atoms with Crippen LogP contribution in [0.25, 0.3) is 22.9 Å². The van der Waals surface area contributed by atoms with Gasteiger partial charge in [-0.05, 0) is 29.8 Å². The van der Waals surface area contributed by atoms with Crippen molar-refractivity contribution in [2.45, 2.75) is 19.5 Å². The van der Waals surface area contributed by atoms with E-state index in [2.05, 4.69) is 30.5 Å². The van der Waals surface area contributed by atoms with Gasteiger partial charge in [-0.15, -0.1) is 15.3 Å². The molecule has 0 unspecified atom stereocenters. The normalized spacial score (nSPS) is 14.7. The van der Waals surface area contributed by atoms with E-state index in [0.29, 0.717) is 16.8 Å². The average molecular weight is 469 g/mol. The molecule has 1 aliphatic rings. The Balaban J connectivity index is 1.25. The Morgan fingerprint density at radius 1 is 0.941 bits per heavy atom. The van der Waals surface area contributed by atoms with Gasteiger partial charge >= 0.3 is 12.2 Å². The minimum Gasteiger partial charge on any atom is -0.415 e. The van der Waals surface area contributed by atoms with E-state index >= 15 is 0 Å². The molecular weight excluding hydrogens is 448 g/mol. The van der Waals surface area contributed by atoms with Crippen molar-refractivity contribution < 1.29 is 17.6 Å². The molecule has 0 saturated carbocycles. The van der Waals surface area contributed by atoms with E-state index in [-0.39, 0.29) is 18.3 Å². The second-order valence-corrected chi connectivity index (χ2v) is 7.84. The Hall–Kier alpha value is -3.77. The summed E-state index contributed by atoms with van der Waals surface area (Å²) in [6.45, 7) is 4.97. The van der Waals surface area contributed by atoms with Crippen LogP contribution in [0.15, 0.2) is 56.2 Å². The van der Waals surface area contributed by atoms with E-state index < -0.39 is 18.1 Å². The number of aromatic nitrogens is 5. The van der Waals surface area contributed by atoms with E-state index in [0.717, 1.165) is 32.7 Å². The van der Waals surface area contributed by atoms with Crippen molar-refractivity contribution in [2.75, 3.05) is 26.2 Å². The van der Waals surface area contributed by atoms with Crippen molar-refractivity contribution in [1.82, 2.24) is 35.2 Å². The molecule has 1 saturated heterocycles. The Bertz CT molecular complexity index is 1290. The monoisotopic (exact) mass is 469 g/mol. The Morgan fingerprint density at radius 2 is 1.71 bits per heavy atom. The van der Waals surface area contributed by atoms with Gasteiger partial charge in [-0.25, -0.2) is 4.79 Å². The van der Waals surface area contributed by atoms with Crippen LogP contribution in [0.5, 0.6) is 0 Å². The number of rotatable bonds is 7. The van der Waals surface area contributed by atoms with Crippen molar-refractivity contribution in [3.63, 3.8) is 0 Å². The summed E-state index contributed by atoms with van der Waals surface area (Å²) in [6, 6.07) is 11.0. The van der Waals surface area contributed by atoms with E-state index in [1.165, 1.54) is 16.4 Å². The van der Waals surface area contributed by atoms with Crippen LogP contribution in [-0.4, -0.2) is 56.0 Å². The van der Waals surface area contributed by atoms with Crippen LogP contribution in [0, 0.1) is 0 Å². The molecule has 3 aromatic heterocycles. The molecule has 5 rings (SSSR count). The van der Waals surface area contributed by atoms with Gasteiger partial charge in [-0.3, -0.25) is 9.88 Å². The maximum Gasteiger partial charge on any atom is 0.437 e. The number of hydrogen-bond acceptors (Lipinski definition) is 9. The predicted octanol–water partition coefficient (Wildman–Crippen LogP) is 2.34. The van der Waals surface area contributed by atoms with Crippen LogP contribution in [0.2, 0.25) is 0 Å². The van der Waals surface area contributed by atoms with Crippen molar-refractivity contribution in [1.29, 1.82) is 0 Å². The summed E-state index contributed by atoms with van der Waals surface area (Å²) in [6.07, 6.45) is -1.44. The first-order chi connectivity index (χ1) is 16.5. The molecular formula is C22H21F2N7O3.